The highest BCUT2D eigenvalue weighted by atomic mass is 16.3. The second-order valence-corrected chi connectivity index (χ2v) is 4.45. The lowest BCUT2D eigenvalue weighted by Gasteiger charge is -2.14. The van der Waals surface area contributed by atoms with Crippen molar-refractivity contribution in [3.63, 3.8) is 0 Å². The lowest BCUT2D eigenvalue weighted by Crippen LogP contribution is -2.27. The SMILES string of the molecule is C=Cc1ccccc1O.C[N+](C)(C)C.[OH-]. The molecule has 3 heteroatoms. The van der Waals surface area contributed by atoms with Gasteiger partial charge in [-0.3, -0.25) is 0 Å². The van der Waals surface area contributed by atoms with Crippen LogP contribution in [0.15, 0.2) is 30.8 Å². The molecule has 0 bridgehead atoms. The molecular formula is C12H21NO2. The minimum Gasteiger partial charge on any atom is -0.870 e. The van der Waals surface area contributed by atoms with Crippen LogP contribution in [0.5, 0.6) is 5.75 Å². The van der Waals surface area contributed by atoms with Crippen LogP contribution in [0.1, 0.15) is 5.56 Å². The Kier molecular flexibility index (Phi) is 7.56. The molecule has 0 aromatic heterocycles. The first-order chi connectivity index (χ1) is 6.34. The largest absolute Gasteiger partial charge is 0.870 e. The van der Waals surface area contributed by atoms with Gasteiger partial charge in [0.2, 0.25) is 0 Å². The van der Waals surface area contributed by atoms with E-state index in [1.165, 1.54) is 0 Å². The Morgan fingerprint density at radius 1 is 1.13 bits per heavy atom. The van der Waals surface area contributed by atoms with Gasteiger partial charge in [-0.1, -0.05) is 30.9 Å². The Morgan fingerprint density at radius 2 is 1.53 bits per heavy atom. The summed E-state index contributed by atoms with van der Waals surface area (Å²) in [6.45, 7) is 3.53. The number of phenolic OH excluding ortho intramolecular Hbond substituents is 1. The quantitative estimate of drug-likeness (QED) is 0.724. The van der Waals surface area contributed by atoms with Crippen molar-refractivity contribution in [3.05, 3.63) is 36.4 Å². The van der Waals surface area contributed by atoms with Gasteiger partial charge in [0, 0.05) is 5.56 Å². The van der Waals surface area contributed by atoms with E-state index >= 15 is 0 Å². The minimum atomic E-state index is 0. The fourth-order valence-electron chi connectivity index (χ4n) is 0.660. The lowest BCUT2D eigenvalue weighted by atomic mass is 10.2. The Bertz CT molecular complexity index is 284. The molecule has 0 atom stereocenters. The van der Waals surface area contributed by atoms with Crippen LogP contribution in [-0.4, -0.2) is 43.3 Å². The molecule has 3 nitrogen and oxygen atoms in total. The molecule has 0 aliphatic rings. The van der Waals surface area contributed by atoms with E-state index in [2.05, 4.69) is 34.8 Å². The van der Waals surface area contributed by atoms with Crippen molar-refractivity contribution in [2.75, 3.05) is 28.2 Å². The molecule has 0 aliphatic carbocycles. The topological polar surface area (TPSA) is 50.2 Å². The van der Waals surface area contributed by atoms with Gasteiger partial charge in [-0.05, 0) is 6.07 Å². The molecule has 2 N–H and O–H groups in total. The fourth-order valence-corrected chi connectivity index (χ4v) is 0.660. The van der Waals surface area contributed by atoms with Crippen molar-refractivity contribution in [2.45, 2.75) is 0 Å². The van der Waals surface area contributed by atoms with Gasteiger partial charge in [0.1, 0.15) is 5.75 Å². The summed E-state index contributed by atoms with van der Waals surface area (Å²) in [6.07, 6.45) is 1.62. The van der Waals surface area contributed by atoms with E-state index in [1.54, 1.807) is 18.2 Å². The molecule has 0 fully saturated rings. The summed E-state index contributed by atoms with van der Waals surface area (Å²) in [4.78, 5) is 0. The number of nitrogens with zero attached hydrogens (tertiary/aromatic N) is 1. The minimum absolute atomic E-state index is 0. The number of benzene rings is 1. The Labute approximate surface area is 92.2 Å². The Hall–Kier alpha value is -1.32. The Morgan fingerprint density at radius 3 is 1.80 bits per heavy atom. The summed E-state index contributed by atoms with van der Waals surface area (Å²) in [5.74, 6) is 0.285. The van der Waals surface area contributed by atoms with Gasteiger partial charge in [0.15, 0.2) is 0 Å². The molecular weight excluding hydrogens is 190 g/mol. The van der Waals surface area contributed by atoms with Gasteiger partial charge < -0.3 is 15.1 Å². The van der Waals surface area contributed by atoms with Gasteiger partial charge in [-0.2, -0.15) is 0 Å². The van der Waals surface area contributed by atoms with Crippen LogP contribution in [0.3, 0.4) is 0 Å². The van der Waals surface area contributed by atoms with E-state index in [9.17, 15) is 0 Å². The van der Waals surface area contributed by atoms with Gasteiger partial charge in [-0.25, -0.2) is 0 Å². The molecule has 1 rings (SSSR count). The van der Waals surface area contributed by atoms with Crippen molar-refractivity contribution >= 4 is 6.08 Å². The first-order valence-corrected chi connectivity index (χ1v) is 4.54. The van der Waals surface area contributed by atoms with E-state index in [0.29, 0.717) is 0 Å². The van der Waals surface area contributed by atoms with Crippen molar-refractivity contribution in [3.8, 4) is 5.75 Å². The van der Waals surface area contributed by atoms with Crippen LogP contribution in [0.25, 0.3) is 6.08 Å². The molecule has 0 aliphatic heterocycles. The third kappa shape index (κ3) is 10.6. The third-order valence-corrected chi connectivity index (χ3v) is 1.16. The first kappa shape index (κ1) is 16.1. The maximum atomic E-state index is 9.04. The molecule has 0 radical (unpaired) electrons. The summed E-state index contributed by atoms with van der Waals surface area (Å²) < 4.78 is 1.00. The number of quaternary nitrogens is 1. The second-order valence-electron chi connectivity index (χ2n) is 4.45. The van der Waals surface area contributed by atoms with Crippen LogP contribution in [0.2, 0.25) is 0 Å². The average Bonchev–Trinajstić information content (AvgIpc) is 2.02. The number of hydrogen-bond acceptors (Lipinski definition) is 2. The highest BCUT2D eigenvalue weighted by Gasteiger charge is 1.90. The molecule has 0 saturated carbocycles. The number of hydrogen-bond donors (Lipinski definition) is 1. The normalized spacial score (nSPS) is 9.33. The first-order valence-electron chi connectivity index (χ1n) is 4.54. The van der Waals surface area contributed by atoms with Crippen LogP contribution >= 0.6 is 0 Å². The standard InChI is InChI=1S/C8H8O.C4H12N.H2O/c1-2-7-5-3-4-6-8(7)9;1-5(2,3)4;/h2-6,9H,1H2;1-4H3;1H2/q;+1;/p-1. The summed E-state index contributed by atoms with van der Waals surface area (Å²) >= 11 is 0. The maximum Gasteiger partial charge on any atom is 0.122 e. The zero-order valence-electron chi connectivity index (χ0n) is 9.94. The summed E-state index contributed by atoms with van der Waals surface area (Å²) in [5, 5.41) is 9.04. The van der Waals surface area contributed by atoms with Crippen LogP contribution in [0.4, 0.5) is 0 Å². The maximum absolute atomic E-state index is 9.04. The number of aromatic hydroxyl groups is 1. The summed E-state index contributed by atoms with van der Waals surface area (Å²) in [6, 6.07) is 7.08. The number of para-hydroxylation sites is 1. The van der Waals surface area contributed by atoms with E-state index in [4.69, 9.17) is 5.11 Å². The lowest BCUT2D eigenvalue weighted by molar-refractivity contribution is -0.849. The third-order valence-electron chi connectivity index (χ3n) is 1.16. The van der Waals surface area contributed by atoms with Gasteiger partial charge in [0.05, 0.1) is 28.2 Å². The van der Waals surface area contributed by atoms with E-state index < -0.39 is 0 Å². The van der Waals surface area contributed by atoms with Crippen molar-refractivity contribution < 1.29 is 15.1 Å². The zero-order valence-corrected chi connectivity index (χ0v) is 9.94. The smallest absolute Gasteiger partial charge is 0.122 e. The monoisotopic (exact) mass is 211 g/mol. The van der Waals surface area contributed by atoms with Crippen molar-refractivity contribution in [1.29, 1.82) is 0 Å². The average molecular weight is 211 g/mol. The van der Waals surface area contributed by atoms with E-state index in [0.717, 1.165) is 10.0 Å². The molecule has 1 aromatic carbocycles. The predicted octanol–water partition coefficient (Wildman–Crippen LogP) is 2.18. The van der Waals surface area contributed by atoms with Crippen LogP contribution in [0, 0.1) is 0 Å². The van der Waals surface area contributed by atoms with Crippen LogP contribution < -0.4 is 0 Å². The van der Waals surface area contributed by atoms with Gasteiger partial charge in [0.25, 0.3) is 0 Å². The van der Waals surface area contributed by atoms with E-state index in [1.807, 2.05) is 12.1 Å². The molecule has 0 spiro atoms. The molecule has 0 unspecified atom stereocenters. The molecule has 1 aromatic rings. The van der Waals surface area contributed by atoms with Crippen molar-refractivity contribution in [2.24, 2.45) is 0 Å². The molecule has 15 heavy (non-hydrogen) atoms. The summed E-state index contributed by atoms with van der Waals surface area (Å²) in [7, 11) is 8.50. The number of phenols is 1. The highest BCUT2D eigenvalue weighted by Crippen LogP contribution is 2.15. The molecule has 0 heterocycles. The zero-order chi connectivity index (χ0) is 11.2. The Balaban J connectivity index is 0. The summed E-state index contributed by atoms with van der Waals surface area (Å²) in [5.41, 5.74) is 0.775. The molecule has 0 saturated heterocycles. The predicted molar refractivity (Wildman–Crippen MR) is 64.1 cm³/mol. The van der Waals surface area contributed by atoms with Gasteiger partial charge >= 0.3 is 0 Å². The highest BCUT2D eigenvalue weighted by molar-refractivity contribution is 5.54. The molecule has 0 amide bonds. The van der Waals surface area contributed by atoms with Crippen LogP contribution in [-0.2, 0) is 0 Å². The molecule has 86 valence electrons. The van der Waals surface area contributed by atoms with E-state index in [-0.39, 0.29) is 11.2 Å². The van der Waals surface area contributed by atoms with Crippen molar-refractivity contribution in [1.82, 2.24) is 0 Å². The number of rotatable bonds is 1. The second kappa shape index (κ2) is 7.04. The van der Waals surface area contributed by atoms with Gasteiger partial charge in [-0.15, -0.1) is 0 Å². The fraction of sp³-hybridized carbons (Fsp3) is 0.333.